The fourth-order valence-corrected chi connectivity index (χ4v) is 4.78. The van der Waals surface area contributed by atoms with Gasteiger partial charge in [0.05, 0.1) is 24.2 Å². The molecular formula is C18H21N3O3S2. The SMILES string of the molecule is CCCSc1nc2c(c(=O)[nH]1)C(c1sccc1C)C(C(=O)OC)=C(C)N2. The van der Waals surface area contributed by atoms with Gasteiger partial charge in [-0.25, -0.2) is 9.78 Å². The van der Waals surface area contributed by atoms with Crippen molar-refractivity contribution in [2.45, 2.75) is 38.3 Å². The third-order valence-corrected chi connectivity index (χ3v) is 6.40. The monoisotopic (exact) mass is 391 g/mol. The molecule has 2 aromatic heterocycles. The molecule has 1 aliphatic heterocycles. The molecule has 3 heterocycles. The Balaban J connectivity index is 2.21. The number of aryl methyl sites for hydroxylation is 1. The number of aromatic amines is 1. The number of methoxy groups -OCH3 is 1. The summed E-state index contributed by atoms with van der Waals surface area (Å²) >= 11 is 3.03. The average molecular weight is 392 g/mol. The van der Waals surface area contributed by atoms with Crippen molar-refractivity contribution in [1.82, 2.24) is 9.97 Å². The van der Waals surface area contributed by atoms with Gasteiger partial charge in [0, 0.05) is 16.3 Å². The molecule has 2 N–H and O–H groups in total. The molecule has 1 aliphatic rings. The van der Waals surface area contributed by atoms with E-state index >= 15 is 0 Å². The van der Waals surface area contributed by atoms with Crippen molar-refractivity contribution in [3.63, 3.8) is 0 Å². The van der Waals surface area contributed by atoms with E-state index in [0.29, 0.717) is 27.8 Å². The molecule has 8 heteroatoms. The number of hydrogen-bond donors (Lipinski definition) is 2. The van der Waals surface area contributed by atoms with Crippen molar-refractivity contribution < 1.29 is 9.53 Å². The number of allylic oxidation sites excluding steroid dienone is 1. The lowest BCUT2D eigenvalue weighted by Gasteiger charge is -2.28. The minimum atomic E-state index is -0.486. The summed E-state index contributed by atoms with van der Waals surface area (Å²) < 4.78 is 4.99. The lowest BCUT2D eigenvalue weighted by atomic mass is 9.85. The molecule has 0 fully saturated rings. The number of nitrogens with zero attached hydrogens (tertiary/aromatic N) is 1. The Morgan fingerprint density at radius 1 is 1.42 bits per heavy atom. The van der Waals surface area contributed by atoms with E-state index in [2.05, 4.69) is 22.2 Å². The zero-order valence-corrected chi connectivity index (χ0v) is 16.8. The van der Waals surface area contributed by atoms with Crippen LogP contribution in [0, 0.1) is 6.92 Å². The van der Waals surface area contributed by atoms with E-state index < -0.39 is 11.9 Å². The lowest BCUT2D eigenvalue weighted by Crippen LogP contribution is -2.30. The van der Waals surface area contributed by atoms with Gasteiger partial charge in [-0.15, -0.1) is 11.3 Å². The van der Waals surface area contributed by atoms with Crippen LogP contribution < -0.4 is 10.9 Å². The maximum absolute atomic E-state index is 12.9. The summed E-state index contributed by atoms with van der Waals surface area (Å²) in [6, 6.07) is 1.99. The van der Waals surface area contributed by atoms with Crippen molar-refractivity contribution >= 4 is 34.9 Å². The molecule has 0 amide bonds. The second-order valence-electron chi connectivity index (χ2n) is 6.04. The van der Waals surface area contributed by atoms with Gasteiger partial charge in [-0.2, -0.15) is 0 Å². The standard InChI is InChI=1S/C18H21N3O3S2/c1-5-7-26-18-20-15-13(16(22)21-18)12(14-9(2)6-8-25-14)11(10(3)19-15)17(23)24-4/h6,8,12H,5,7H2,1-4H3,(H2,19,20,21,22). The van der Waals surface area contributed by atoms with Crippen LogP contribution in [0.5, 0.6) is 0 Å². The highest BCUT2D eigenvalue weighted by atomic mass is 32.2. The number of carbonyl (C=O) groups excluding carboxylic acids is 1. The van der Waals surface area contributed by atoms with Gasteiger partial charge in [0.25, 0.3) is 5.56 Å². The fourth-order valence-electron chi connectivity index (χ4n) is 3.02. The molecule has 0 saturated heterocycles. The first-order valence-electron chi connectivity index (χ1n) is 8.35. The van der Waals surface area contributed by atoms with E-state index in [9.17, 15) is 9.59 Å². The largest absolute Gasteiger partial charge is 0.466 e. The Labute approximate surface area is 160 Å². The van der Waals surface area contributed by atoms with E-state index in [4.69, 9.17) is 4.74 Å². The molecule has 0 aromatic carbocycles. The second kappa shape index (κ2) is 7.67. The number of rotatable bonds is 5. The van der Waals surface area contributed by atoms with Gasteiger partial charge in [0.1, 0.15) is 5.82 Å². The van der Waals surface area contributed by atoms with Gasteiger partial charge in [0.2, 0.25) is 0 Å². The van der Waals surface area contributed by atoms with E-state index in [1.807, 2.05) is 25.3 Å². The summed E-state index contributed by atoms with van der Waals surface area (Å²) in [4.78, 5) is 33.8. The van der Waals surface area contributed by atoms with E-state index in [1.54, 1.807) is 0 Å². The van der Waals surface area contributed by atoms with Crippen LogP contribution in [0.1, 0.15) is 42.2 Å². The summed E-state index contributed by atoms with van der Waals surface area (Å²) in [5.74, 6) is 0.454. The minimum absolute atomic E-state index is 0.229. The van der Waals surface area contributed by atoms with Crippen molar-refractivity contribution in [2.24, 2.45) is 0 Å². The predicted molar refractivity (Wildman–Crippen MR) is 105 cm³/mol. The second-order valence-corrected chi connectivity index (χ2v) is 8.07. The first kappa shape index (κ1) is 18.7. The molecule has 2 aromatic rings. The van der Waals surface area contributed by atoms with Gasteiger partial charge in [-0.3, -0.25) is 4.79 Å². The number of thioether (sulfide) groups is 1. The summed E-state index contributed by atoms with van der Waals surface area (Å²) in [5, 5.41) is 5.68. The van der Waals surface area contributed by atoms with Gasteiger partial charge in [-0.1, -0.05) is 18.7 Å². The lowest BCUT2D eigenvalue weighted by molar-refractivity contribution is -0.136. The molecule has 138 valence electrons. The highest BCUT2D eigenvalue weighted by molar-refractivity contribution is 7.99. The van der Waals surface area contributed by atoms with Crippen LogP contribution >= 0.6 is 23.1 Å². The van der Waals surface area contributed by atoms with Gasteiger partial charge in [0.15, 0.2) is 5.16 Å². The third-order valence-electron chi connectivity index (χ3n) is 4.23. The average Bonchev–Trinajstić information content (AvgIpc) is 3.03. The number of H-pyrrole nitrogens is 1. The van der Waals surface area contributed by atoms with Crippen LogP contribution in [0.15, 0.2) is 32.7 Å². The molecule has 26 heavy (non-hydrogen) atoms. The van der Waals surface area contributed by atoms with E-state index in [-0.39, 0.29) is 5.56 Å². The number of carbonyl (C=O) groups is 1. The minimum Gasteiger partial charge on any atom is -0.466 e. The van der Waals surface area contributed by atoms with Crippen molar-refractivity contribution in [2.75, 3.05) is 18.2 Å². The fraction of sp³-hybridized carbons (Fsp3) is 0.389. The Hall–Kier alpha value is -2.06. The van der Waals surface area contributed by atoms with Crippen LogP contribution in [0.2, 0.25) is 0 Å². The molecular weight excluding hydrogens is 370 g/mol. The summed E-state index contributed by atoms with van der Waals surface area (Å²) in [6.45, 7) is 5.87. The predicted octanol–water partition coefficient (Wildman–Crippen LogP) is 3.65. The van der Waals surface area contributed by atoms with E-state index in [1.165, 1.54) is 30.2 Å². The van der Waals surface area contributed by atoms with Gasteiger partial charge >= 0.3 is 5.97 Å². The third kappa shape index (κ3) is 3.31. The van der Waals surface area contributed by atoms with Gasteiger partial charge < -0.3 is 15.0 Å². The number of anilines is 1. The quantitative estimate of drug-likeness (QED) is 0.460. The summed E-state index contributed by atoms with van der Waals surface area (Å²) in [6.07, 6.45) is 0.987. The number of nitrogens with one attached hydrogen (secondary N) is 2. The van der Waals surface area contributed by atoms with Crippen LogP contribution in [-0.4, -0.2) is 28.8 Å². The molecule has 0 bridgehead atoms. The first-order chi connectivity index (χ1) is 12.5. The van der Waals surface area contributed by atoms with Crippen LogP contribution in [0.3, 0.4) is 0 Å². The number of aromatic nitrogens is 2. The van der Waals surface area contributed by atoms with Crippen LogP contribution in [0.4, 0.5) is 5.82 Å². The molecule has 0 radical (unpaired) electrons. The Morgan fingerprint density at radius 3 is 2.81 bits per heavy atom. The van der Waals surface area contributed by atoms with Gasteiger partial charge in [-0.05, 0) is 37.3 Å². The number of hydrogen-bond acceptors (Lipinski definition) is 7. The maximum Gasteiger partial charge on any atom is 0.336 e. The Kier molecular flexibility index (Phi) is 5.52. The molecule has 1 unspecified atom stereocenters. The molecule has 6 nitrogen and oxygen atoms in total. The smallest absolute Gasteiger partial charge is 0.336 e. The highest BCUT2D eigenvalue weighted by Crippen LogP contribution is 2.43. The molecule has 3 rings (SSSR count). The van der Waals surface area contributed by atoms with Crippen molar-refractivity contribution in [3.05, 3.63) is 49.1 Å². The topological polar surface area (TPSA) is 84.1 Å². The molecule has 0 saturated carbocycles. The van der Waals surface area contributed by atoms with Crippen LogP contribution in [0.25, 0.3) is 0 Å². The first-order valence-corrected chi connectivity index (χ1v) is 10.2. The number of thiophene rings is 1. The zero-order chi connectivity index (χ0) is 18.8. The Morgan fingerprint density at radius 2 is 2.19 bits per heavy atom. The number of fused-ring (bicyclic) bond motifs is 1. The van der Waals surface area contributed by atoms with Crippen molar-refractivity contribution in [3.8, 4) is 0 Å². The highest BCUT2D eigenvalue weighted by Gasteiger charge is 2.37. The summed E-state index contributed by atoms with van der Waals surface area (Å²) in [5.41, 5.74) is 2.37. The molecule has 0 aliphatic carbocycles. The Bertz CT molecular complexity index is 930. The normalized spacial score (nSPS) is 16.2. The zero-order valence-electron chi connectivity index (χ0n) is 15.1. The number of ether oxygens (including phenoxy) is 1. The molecule has 0 spiro atoms. The number of esters is 1. The van der Waals surface area contributed by atoms with E-state index in [0.717, 1.165) is 22.6 Å². The maximum atomic E-state index is 12.9. The summed E-state index contributed by atoms with van der Waals surface area (Å²) in [7, 11) is 1.35. The van der Waals surface area contributed by atoms with Crippen molar-refractivity contribution in [1.29, 1.82) is 0 Å². The molecule has 1 atom stereocenters. The van der Waals surface area contributed by atoms with Crippen LogP contribution in [-0.2, 0) is 9.53 Å².